The fraction of sp³-hybridized carbons (Fsp3) is 0.750. The van der Waals surface area contributed by atoms with Gasteiger partial charge in [0.25, 0.3) is 6.43 Å². The number of carbonyl (C=O) groups is 1. The summed E-state index contributed by atoms with van der Waals surface area (Å²) in [4.78, 5) is 9.44. The Hall–Kier alpha value is -0.790. The lowest BCUT2D eigenvalue weighted by Crippen LogP contribution is -2.56. The van der Waals surface area contributed by atoms with E-state index in [9.17, 15) is 31.1 Å². The Morgan fingerprint density at radius 3 is 1.58 bits per heavy atom. The van der Waals surface area contributed by atoms with E-state index >= 15 is 0 Å². The Morgan fingerprint density at radius 1 is 1.25 bits per heavy atom. The lowest BCUT2D eigenvalue weighted by molar-refractivity contribution is -0.288. The van der Waals surface area contributed by atoms with Crippen molar-refractivity contribution in [2.45, 2.75) is 18.2 Å². The van der Waals surface area contributed by atoms with Crippen LogP contribution in [0.1, 0.15) is 0 Å². The summed E-state index contributed by atoms with van der Waals surface area (Å²) in [6.45, 7) is 0. The van der Waals surface area contributed by atoms with E-state index in [4.69, 9.17) is 5.11 Å². The van der Waals surface area contributed by atoms with Crippen molar-refractivity contribution in [3.05, 3.63) is 0 Å². The molecule has 0 saturated carbocycles. The molecule has 0 fully saturated rings. The number of carbonyl (C=O) groups excluding carboxylic acids is 1. The highest BCUT2D eigenvalue weighted by molar-refractivity contribution is 5.79. The van der Waals surface area contributed by atoms with E-state index in [1.165, 1.54) is 0 Å². The molecule has 1 unspecified atom stereocenters. The average Bonchev–Trinajstić information content (AvgIpc) is 1.82. The molecule has 0 spiro atoms. The summed E-state index contributed by atoms with van der Waals surface area (Å²) >= 11 is 0. The first-order valence-corrected chi connectivity index (χ1v) is 2.41. The standard InChI is InChI=1S/C4H2F6O2/c5-1(6)3(12,2(7)11)4(8,9)10/h1,12H. The first kappa shape index (κ1) is 11.2. The molecule has 0 aromatic rings. The van der Waals surface area contributed by atoms with Crippen LogP contribution in [0.25, 0.3) is 0 Å². The first-order chi connectivity index (χ1) is 5.14. The van der Waals surface area contributed by atoms with Crippen LogP contribution in [0, 0.1) is 0 Å². The van der Waals surface area contributed by atoms with Crippen molar-refractivity contribution in [1.82, 2.24) is 0 Å². The maximum absolute atomic E-state index is 11.4. The monoisotopic (exact) mass is 196 g/mol. The molecule has 0 bridgehead atoms. The number of hydrogen-bond donors (Lipinski definition) is 1. The lowest BCUT2D eigenvalue weighted by atomic mass is 10.1. The molecule has 0 rings (SSSR count). The van der Waals surface area contributed by atoms with Gasteiger partial charge in [-0.1, -0.05) is 0 Å². The smallest absolute Gasteiger partial charge is 0.368 e. The summed E-state index contributed by atoms with van der Waals surface area (Å²) in [6, 6.07) is -3.52. The van der Waals surface area contributed by atoms with Crippen molar-refractivity contribution in [3.63, 3.8) is 0 Å². The predicted octanol–water partition coefficient (Wildman–Crippen LogP) is 1.04. The van der Waals surface area contributed by atoms with Crippen LogP contribution in [-0.4, -0.2) is 29.3 Å². The third kappa shape index (κ3) is 1.52. The van der Waals surface area contributed by atoms with Gasteiger partial charge in [0, 0.05) is 0 Å². The molecule has 1 N–H and O–H groups in total. The third-order valence-electron chi connectivity index (χ3n) is 1.05. The normalized spacial score (nSPS) is 17.7. The number of aliphatic hydroxyl groups is 1. The molecule has 0 radical (unpaired) electrons. The average molecular weight is 196 g/mol. The molecule has 12 heavy (non-hydrogen) atoms. The van der Waals surface area contributed by atoms with Gasteiger partial charge in [0.1, 0.15) is 0 Å². The zero-order valence-electron chi connectivity index (χ0n) is 5.20. The van der Waals surface area contributed by atoms with Gasteiger partial charge >= 0.3 is 17.8 Å². The van der Waals surface area contributed by atoms with E-state index in [1.807, 2.05) is 0 Å². The molecule has 0 aliphatic heterocycles. The number of alkyl halides is 5. The molecule has 2 nitrogen and oxygen atoms in total. The Labute approximate surface area is 61.8 Å². The Kier molecular flexibility index (Phi) is 2.73. The summed E-state index contributed by atoms with van der Waals surface area (Å²) in [5.74, 6) is 0. The van der Waals surface area contributed by atoms with Crippen molar-refractivity contribution in [2.75, 3.05) is 0 Å². The maximum atomic E-state index is 11.4. The topological polar surface area (TPSA) is 37.3 Å². The molecule has 0 saturated heterocycles. The predicted molar refractivity (Wildman–Crippen MR) is 23.1 cm³/mol. The summed E-state index contributed by atoms with van der Waals surface area (Å²) in [6.07, 6.45) is -10.6. The quantitative estimate of drug-likeness (QED) is 0.529. The van der Waals surface area contributed by atoms with E-state index in [-0.39, 0.29) is 0 Å². The van der Waals surface area contributed by atoms with Gasteiger partial charge in [0.15, 0.2) is 0 Å². The summed E-state index contributed by atoms with van der Waals surface area (Å²) in [5.41, 5.74) is -5.20. The molecule has 0 aromatic heterocycles. The molecule has 0 amide bonds. The van der Waals surface area contributed by atoms with Crippen LogP contribution in [0.3, 0.4) is 0 Å². The van der Waals surface area contributed by atoms with E-state index in [0.29, 0.717) is 0 Å². The highest BCUT2D eigenvalue weighted by Gasteiger charge is 2.66. The van der Waals surface area contributed by atoms with Crippen LogP contribution >= 0.6 is 0 Å². The highest BCUT2D eigenvalue weighted by Crippen LogP contribution is 2.36. The van der Waals surface area contributed by atoms with Crippen molar-refractivity contribution in [2.24, 2.45) is 0 Å². The van der Waals surface area contributed by atoms with Crippen molar-refractivity contribution in [1.29, 1.82) is 0 Å². The highest BCUT2D eigenvalue weighted by atomic mass is 19.4. The summed E-state index contributed by atoms with van der Waals surface area (Å²) in [7, 11) is 0. The fourth-order valence-corrected chi connectivity index (χ4v) is 0.321. The van der Waals surface area contributed by atoms with Crippen LogP contribution in [0.15, 0.2) is 0 Å². The zero-order chi connectivity index (χ0) is 10.2. The van der Waals surface area contributed by atoms with Gasteiger partial charge < -0.3 is 5.11 Å². The largest absolute Gasteiger partial charge is 0.433 e. The minimum absolute atomic E-state index is 3.52. The van der Waals surface area contributed by atoms with Gasteiger partial charge in [0.05, 0.1) is 0 Å². The van der Waals surface area contributed by atoms with Crippen molar-refractivity contribution in [3.8, 4) is 0 Å². The van der Waals surface area contributed by atoms with Crippen LogP contribution < -0.4 is 0 Å². The molecule has 0 aliphatic rings. The Balaban J connectivity index is 5.02. The Bertz CT molecular complexity index is 186. The summed E-state index contributed by atoms with van der Waals surface area (Å²) in [5, 5.41) is 7.90. The number of rotatable bonds is 2. The van der Waals surface area contributed by atoms with Gasteiger partial charge in [-0.05, 0) is 0 Å². The van der Waals surface area contributed by atoms with Gasteiger partial charge in [0.2, 0.25) is 0 Å². The minimum atomic E-state index is -6.02. The Morgan fingerprint density at radius 2 is 1.58 bits per heavy atom. The van der Waals surface area contributed by atoms with Crippen LogP contribution in [0.5, 0.6) is 0 Å². The molecule has 0 heterocycles. The van der Waals surface area contributed by atoms with Gasteiger partial charge in [-0.15, -0.1) is 0 Å². The van der Waals surface area contributed by atoms with Crippen LogP contribution in [0.4, 0.5) is 26.3 Å². The maximum Gasteiger partial charge on any atom is 0.433 e. The van der Waals surface area contributed by atoms with E-state index in [0.717, 1.165) is 0 Å². The lowest BCUT2D eigenvalue weighted by Gasteiger charge is -2.23. The van der Waals surface area contributed by atoms with Crippen LogP contribution in [-0.2, 0) is 4.79 Å². The van der Waals surface area contributed by atoms with Crippen molar-refractivity contribution >= 4 is 6.04 Å². The minimum Gasteiger partial charge on any atom is -0.368 e. The second-order valence-electron chi connectivity index (χ2n) is 1.84. The second-order valence-corrected chi connectivity index (χ2v) is 1.84. The van der Waals surface area contributed by atoms with Gasteiger partial charge in [-0.25, -0.2) is 8.78 Å². The molecule has 72 valence electrons. The molecule has 0 aromatic carbocycles. The molecular formula is C4H2F6O2. The molecule has 1 atom stereocenters. The number of hydrogen-bond acceptors (Lipinski definition) is 2. The first-order valence-electron chi connectivity index (χ1n) is 2.41. The third-order valence-corrected chi connectivity index (χ3v) is 1.05. The second kappa shape index (κ2) is 2.92. The van der Waals surface area contributed by atoms with Gasteiger partial charge in [-0.2, -0.15) is 17.6 Å². The zero-order valence-corrected chi connectivity index (χ0v) is 5.20. The van der Waals surface area contributed by atoms with E-state index < -0.39 is 24.2 Å². The van der Waals surface area contributed by atoms with Crippen LogP contribution in [0.2, 0.25) is 0 Å². The SMILES string of the molecule is O=C(F)C(O)(C(F)F)C(F)(F)F. The van der Waals surface area contributed by atoms with Gasteiger partial charge in [-0.3, -0.25) is 4.79 Å². The molecule has 0 aliphatic carbocycles. The fourth-order valence-electron chi connectivity index (χ4n) is 0.321. The van der Waals surface area contributed by atoms with Crippen molar-refractivity contribution < 1.29 is 36.2 Å². The number of halogens is 6. The summed E-state index contributed by atoms with van der Waals surface area (Å²) < 4.78 is 68.5. The van der Waals surface area contributed by atoms with E-state index in [2.05, 4.69) is 0 Å². The molecular weight excluding hydrogens is 194 g/mol. The molecule has 8 heteroatoms. The van der Waals surface area contributed by atoms with E-state index in [1.54, 1.807) is 0 Å².